The molecule has 1 aromatic carbocycles. The highest BCUT2D eigenvalue weighted by atomic mass is 16.5. The Morgan fingerprint density at radius 1 is 1.24 bits per heavy atom. The van der Waals surface area contributed by atoms with Crippen LogP contribution in [0.4, 0.5) is 0 Å². The van der Waals surface area contributed by atoms with Crippen molar-refractivity contribution in [3.63, 3.8) is 0 Å². The zero-order valence-electron chi connectivity index (χ0n) is 11.8. The molecule has 5 heteroatoms. The van der Waals surface area contributed by atoms with Crippen LogP contribution in [0.5, 0.6) is 5.88 Å². The van der Waals surface area contributed by atoms with Crippen LogP contribution in [0.3, 0.4) is 0 Å². The van der Waals surface area contributed by atoms with Crippen molar-refractivity contribution in [3.05, 3.63) is 47.7 Å². The fraction of sp³-hybridized carbons (Fsp3) is 0.375. The molecular formula is C16H18N4O. The fourth-order valence-electron chi connectivity index (χ4n) is 2.50. The molecule has 0 atom stereocenters. The molecular weight excluding hydrogens is 264 g/mol. The van der Waals surface area contributed by atoms with Crippen LogP contribution in [0.1, 0.15) is 30.0 Å². The SMILES string of the molecule is N#Cc1ccc(COc2ccn(C3CCNCC3)n2)cc1. The summed E-state index contributed by atoms with van der Waals surface area (Å²) in [6, 6.07) is 11.9. The Balaban J connectivity index is 1.57. The molecule has 0 unspecified atom stereocenters. The molecule has 1 saturated heterocycles. The monoisotopic (exact) mass is 282 g/mol. The van der Waals surface area contributed by atoms with E-state index in [2.05, 4.69) is 16.5 Å². The highest BCUT2D eigenvalue weighted by molar-refractivity contribution is 5.31. The van der Waals surface area contributed by atoms with Gasteiger partial charge in [0, 0.05) is 12.3 Å². The van der Waals surface area contributed by atoms with E-state index >= 15 is 0 Å². The van der Waals surface area contributed by atoms with Crippen LogP contribution in [0.2, 0.25) is 0 Å². The van der Waals surface area contributed by atoms with Crippen LogP contribution in [0.25, 0.3) is 0 Å². The molecule has 1 aliphatic heterocycles. The molecule has 2 aromatic rings. The summed E-state index contributed by atoms with van der Waals surface area (Å²) in [4.78, 5) is 0. The maximum absolute atomic E-state index is 8.76. The molecule has 2 heterocycles. The van der Waals surface area contributed by atoms with Gasteiger partial charge in [0.2, 0.25) is 5.88 Å². The van der Waals surface area contributed by atoms with E-state index in [9.17, 15) is 0 Å². The number of rotatable bonds is 4. The van der Waals surface area contributed by atoms with E-state index in [0.29, 0.717) is 24.1 Å². The van der Waals surface area contributed by atoms with Crippen molar-refractivity contribution < 1.29 is 4.74 Å². The Labute approximate surface area is 124 Å². The summed E-state index contributed by atoms with van der Waals surface area (Å²) < 4.78 is 7.72. The summed E-state index contributed by atoms with van der Waals surface area (Å²) in [5, 5.41) is 16.6. The second-order valence-corrected chi connectivity index (χ2v) is 5.21. The lowest BCUT2D eigenvalue weighted by atomic mass is 10.1. The van der Waals surface area contributed by atoms with E-state index < -0.39 is 0 Å². The molecule has 0 saturated carbocycles. The first-order chi connectivity index (χ1) is 10.3. The first-order valence-corrected chi connectivity index (χ1v) is 7.23. The molecule has 108 valence electrons. The average Bonchev–Trinajstić information content (AvgIpc) is 3.03. The van der Waals surface area contributed by atoms with Gasteiger partial charge in [-0.15, -0.1) is 5.10 Å². The summed E-state index contributed by atoms with van der Waals surface area (Å²) in [6.07, 6.45) is 4.21. The molecule has 1 N–H and O–H groups in total. The van der Waals surface area contributed by atoms with E-state index in [-0.39, 0.29) is 0 Å². The number of benzene rings is 1. The molecule has 0 radical (unpaired) electrons. The minimum absolute atomic E-state index is 0.467. The molecule has 3 rings (SSSR count). The van der Waals surface area contributed by atoms with Gasteiger partial charge in [0.05, 0.1) is 17.7 Å². The summed E-state index contributed by atoms with van der Waals surface area (Å²) in [5.74, 6) is 0.651. The van der Waals surface area contributed by atoms with E-state index in [4.69, 9.17) is 10.00 Å². The number of hydrogen-bond donors (Lipinski definition) is 1. The molecule has 1 aromatic heterocycles. The predicted octanol–water partition coefficient (Wildman–Crippen LogP) is 2.26. The van der Waals surface area contributed by atoms with Crippen LogP contribution in [0, 0.1) is 11.3 Å². The zero-order valence-corrected chi connectivity index (χ0v) is 11.8. The van der Waals surface area contributed by atoms with Gasteiger partial charge in [-0.25, -0.2) is 0 Å². The summed E-state index contributed by atoms with van der Waals surface area (Å²) in [6.45, 7) is 2.56. The van der Waals surface area contributed by atoms with E-state index in [1.807, 2.05) is 29.1 Å². The van der Waals surface area contributed by atoms with Crippen LogP contribution in [-0.4, -0.2) is 22.9 Å². The van der Waals surface area contributed by atoms with Gasteiger partial charge in [-0.2, -0.15) is 5.26 Å². The summed E-state index contributed by atoms with van der Waals surface area (Å²) >= 11 is 0. The molecule has 0 bridgehead atoms. The number of nitrogens with one attached hydrogen (secondary N) is 1. The molecule has 1 aliphatic rings. The number of piperidine rings is 1. The van der Waals surface area contributed by atoms with Gasteiger partial charge in [-0.3, -0.25) is 4.68 Å². The standard InChI is InChI=1S/C16H18N4O/c17-11-13-1-3-14(4-2-13)12-21-16-7-10-20(19-16)15-5-8-18-9-6-15/h1-4,7,10,15,18H,5-6,8-9,12H2. The van der Waals surface area contributed by atoms with Crippen molar-refractivity contribution >= 4 is 0 Å². The van der Waals surface area contributed by atoms with Gasteiger partial charge in [0.15, 0.2) is 0 Å². The largest absolute Gasteiger partial charge is 0.472 e. The van der Waals surface area contributed by atoms with E-state index in [1.54, 1.807) is 12.1 Å². The third-order valence-electron chi connectivity index (χ3n) is 3.74. The van der Waals surface area contributed by atoms with E-state index in [0.717, 1.165) is 31.5 Å². The topological polar surface area (TPSA) is 62.9 Å². The molecule has 0 amide bonds. The van der Waals surface area contributed by atoms with Crippen LogP contribution >= 0.6 is 0 Å². The number of ether oxygens (including phenoxy) is 1. The van der Waals surface area contributed by atoms with Crippen molar-refractivity contribution in [3.8, 4) is 11.9 Å². The first kappa shape index (κ1) is 13.7. The quantitative estimate of drug-likeness (QED) is 0.934. The number of nitrogens with zero attached hydrogens (tertiary/aromatic N) is 3. The predicted molar refractivity (Wildman–Crippen MR) is 78.9 cm³/mol. The second kappa shape index (κ2) is 6.42. The van der Waals surface area contributed by atoms with Gasteiger partial charge < -0.3 is 10.1 Å². The summed E-state index contributed by atoms with van der Waals surface area (Å²) in [7, 11) is 0. The van der Waals surface area contributed by atoms with Crippen LogP contribution in [-0.2, 0) is 6.61 Å². The Morgan fingerprint density at radius 3 is 2.71 bits per heavy atom. The molecule has 5 nitrogen and oxygen atoms in total. The Bertz CT molecular complexity index is 620. The molecule has 21 heavy (non-hydrogen) atoms. The lowest BCUT2D eigenvalue weighted by Crippen LogP contribution is -2.29. The number of nitriles is 1. The van der Waals surface area contributed by atoms with E-state index in [1.165, 1.54) is 0 Å². The normalized spacial score (nSPS) is 15.6. The second-order valence-electron chi connectivity index (χ2n) is 5.21. The van der Waals surface area contributed by atoms with Gasteiger partial charge in [0.1, 0.15) is 6.61 Å². The molecule has 0 spiro atoms. The Kier molecular flexibility index (Phi) is 4.17. The van der Waals surface area contributed by atoms with Crippen molar-refractivity contribution in [2.75, 3.05) is 13.1 Å². The maximum Gasteiger partial charge on any atom is 0.233 e. The highest BCUT2D eigenvalue weighted by Crippen LogP contribution is 2.20. The van der Waals surface area contributed by atoms with Crippen LogP contribution < -0.4 is 10.1 Å². The van der Waals surface area contributed by atoms with Gasteiger partial charge in [-0.1, -0.05) is 12.1 Å². The molecule has 1 fully saturated rings. The minimum Gasteiger partial charge on any atom is -0.472 e. The third-order valence-corrected chi connectivity index (χ3v) is 3.74. The van der Waals surface area contributed by atoms with Gasteiger partial charge >= 0.3 is 0 Å². The number of hydrogen-bond acceptors (Lipinski definition) is 4. The smallest absolute Gasteiger partial charge is 0.233 e. The van der Waals surface area contributed by atoms with Gasteiger partial charge in [-0.05, 0) is 43.6 Å². The van der Waals surface area contributed by atoms with Crippen molar-refractivity contribution in [1.29, 1.82) is 5.26 Å². The maximum atomic E-state index is 8.76. The lowest BCUT2D eigenvalue weighted by Gasteiger charge is -2.22. The van der Waals surface area contributed by atoms with Crippen molar-refractivity contribution in [2.45, 2.75) is 25.5 Å². The zero-order chi connectivity index (χ0) is 14.5. The van der Waals surface area contributed by atoms with Crippen molar-refractivity contribution in [2.24, 2.45) is 0 Å². The number of aromatic nitrogens is 2. The minimum atomic E-state index is 0.467. The summed E-state index contributed by atoms with van der Waals surface area (Å²) in [5.41, 5.74) is 1.69. The lowest BCUT2D eigenvalue weighted by molar-refractivity contribution is 0.278. The Hall–Kier alpha value is -2.32. The first-order valence-electron chi connectivity index (χ1n) is 7.23. The van der Waals surface area contributed by atoms with Crippen molar-refractivity contribution in [1.82, 2.24) is 15.1 Å². The van der Waals surface area contributed by atoms with Gasteiger partial charge in [0.25, 0.3) is 0 Å². The Morgan fingerprint density at radius 2 is 2.00 bits per heavy atom. The highest BCUT2D eigenvalue weighted by Gasteiger charge is 2.15. The molecule has 0 aliphatic carbocycles. The fourth-order valence-corrected chi connectivity index (χ4v) is 2.50. The average molecular weight is 282 g/mol. The third kappa shape index (κ3) is 3.41. The van der Waals surface area contributed by atoms with Crippen LogP contribution in [0.15, 0.2) is 36.5 Å².